The van der Waals surface area contributed by atoms with Crippen LogP contribution in [0.3, 0.4) is 0 Å². The second-order valence-electron chi connectivity index (χ2n) is 9.26. The van der Waals surface area contributed by atoms with Gasteiger partial charge < -0.3 is 77.5 Å². The number of fused-ring (bicyclic) bond motifs is 1. The van der Waals surface area contributed by atoms with E-state index in [-0.39, 0.29) is 12.8 Å². The third kappa shape index (κ3) is 5.29. The Kier molecular flexibility index (Phi) is 6.35. The molecule has 0 radical (unpaired) electrons. The number of likely N-dealkylation sites (N-methyl/N-ethyl adjacent to an activating group) is 1. The summed E-state index contributed by atoms with van der Waals surface area (Å²) in [6, 6.07) is -7.07. The minimum Gasteiger partial charge on any atom is -0.389 e. The Morgan fingerprint density at radius 3 is 2.17 bits per heavy atom. The van der Waals surface area contributed by atoms with Crippen molar-refractivity contribution < 1.29 is 58.8 Å². The monoisotopic (exact) mass is 530 g/mol. The predicted octanol–water partition coefficient (Wildman–Crippen LogP) is -5.92. The minimum absolute atomic E-state index is 0.210. The molecule has 2 unspecified atom stereocenters. The molecule has 0 aromatic carbocycles. The molecule has 17 atom stereocenters. The van der Waals surface area contributed by atoms with Crippen LogP contribution in [0.25, 0.3) is 0 Å². The lowest BCUT2D eigenvalue weighted by molar-refractivity contribution is -0.371. The third-order valence-electron chi connectivity index (χ3n) is 6.75. The van der Waals surface area contributed by atoms with Crippen LogP contribution in [-0.2, 0) is 23.7 Å². The van der Waals surface area contributed by atoms with Crippen molar-refractivity contribution in [3.8, 4) is 0 Å². The van der Waals surface area contributed by atoms with E-state index in [1.165, 1.54) is 7.05 Å². The fourth-order valence-corrected chi connectivity index (χ4v) is 4.65. The van der Waals surface area contributed by atoms with Gasteiger partial charge in [0.15, 0.2) is 18.9 Å². The molecule has 4 aliphatic rings. The van der Waals surface area contributed by atoms with E-state index in [1.54, 1.807) is 0 Å². The van der Waals surface area contributed by atoms with Crippen molar-refractivity contribution in [3.05, 3.63) is 0 Å². The van der Waals surface area contributed by atoms with Crippen LogP contribution in [0.1, 0.15) is 29.3 Å². The Hall–Kier alpha value is -0.600. The topological polar surface area (TPSA) is 263 Å². The van der Waals surface area contributed by atoms with Crippen LogP contribution in [0.15, 0.2) is 0 Å². The molecule has 14 N–H and O–H groups in total. The number of rotatable bonds is 5. The molecule has 1 aliphatic carbocycles. The molecule has 36 heavy (non-hydrogen) atoms. The molecule has 15 nitrogen and oxygen atoms in total. The summed E-state index contributed by atoms with van der Waals surface area (Å²) in [5.41, 5.74) is 23.6. The highest BCUT2D eigenvalue weighted by atomic mass is 16.8. The van der Waals surface area contributed by atoms with Crippen molar-refractivity contribution in [2.75, 3.05) is 7.05 Å². The summed E-state index contributed by atoms with van der Waals surface area (Å²) in [4.78, 5) is 0. The molecule has 4 fully saturated rings. The Labute approximate surface area is 218 Å². The van der Waals surface area contributed by atoms with E-state index < -0.39 is 111 Å². The number of ether oxygens (including phenoxy) is 5. The van der Waals surface area contributed by atoms with Gasteiger partial charge in [-0.05, 0) is 26.8 Å². The molecule has 0 aromatic heterocycles. The molecule has 3 heterocycles. The first-order valence-electron chi connectivity index (χ1n) is 15.1. The summed E-state index contributed by atoms with van der Waals surface area (Å²) in [7, 11) is 1.30. The zero-order valence-electron chi connectivity index (χ0n) is 26.5. The molecule has 1 saturated carbocycles. The van der Waals surface area contributed by atoms with Gasteiger partial charge in [0.05, 0.1) is 43.3 Å². The Morgan fingerprint density at radius 2 is 1.50 bits per heavy atom. The Morgan fingerprint density at radius 1 is 0.778 bits per heavy atom. The summed E-state index contributed by atoms with van der Waals surface area (Å²) in [6.07, 6.45) is -27.2. The number of nitrogens with one attached hydrogen (secondary N) is 1. The van der Waals surface area contributed by atoms with Crippen molar-refractivity contribution in [1.29, 1.82) is 0 Å². The highest BCUT2D eigenvalue weighted by Crippen LogP contribution is 2.35. The molecule has 3 saturated heterocycles. The van der Waals surface area contributed by atoms with E-state index in [0.717, 1.165) is 0 Å². The maximum atomic E-state index is 11.3. The average molecular weight is 531 g/mol. The maximum absolute atomic E-state index is 11.3. The summed E-state index contributed by atoms with van der Waals surface area (Å²) in [5, 5.41) is 56.2. The van der Waals surface area contributed by atoms with Gasteiger partial charge in [0.2, 0.25) is 0 Å². The summed E-state index contributed by atoms with van der Waals surface area (Å²) in [6.45, 7) is -1.87. The smallest absolute Gasteiger partial charge is 0.189 e. The number of hydrogen-bond acceptors (Lipinski definition) is 15. The first-order chi connectivity index (χ1) is 19.5. The standard InChI is InChI=1S/C21H41N5O10/c1-5-10(25)13(28)16(31)21(32-5)36-20-11(26-2)14(29)18-9(33-20)4-8(24)19(35-18)34-17-7(23)3-6(22)12(27)15(17)30/h5-21,26-31H,3-4,22-25H2,1-2H3/t5?,6-,7+,8?,9+,10+,11-,12-,13+,14+,15-,16-,17-,18-,19-,20+,21+/m0/s1/i1D2,12D,13D,14D,15D,16D. The van der Waals surface area contributed by atoms with Crippen molar-refractivity contribution in [2.45, 2.75) is 124 Å². The highest BCUT2D eigenvalue weighted by Gasteiger charge is 2.54. The van der Waals surface area contributed by atoms with Gasteiger partial charge in [-0.1, -0.05) is 0 Å². The molecule has 0 amide bonds. The zero-order valence-corrected chi connectivity index (χ0v) is 19.5. The Balaban J connectivity index is 1.56. The molecule has 210 valence electrons. The fourth-order valence-electron chi connectivity index (χ4n) is 4.65. The average Bonchev–Trinajstić information content (AvgIpc) is 2.87. The molecule has 15 heteroatoms. The van der Waals surface area contributed by atoms with Crippen LogP contribution in [0.5, 0.6) is 0 Å². The second-order valence-corrected chi connectivity index (χ2v) is 9.26. The van der Waals surface area contributed by atoms with Gasteiger partial charge in [-0.15, -0.1) is 0 Å². The number of hydrogen-bond donors (Lipinski definition) is 10. The summed E-state index contributed by atoms with van der Waals surface area (Å²) in [5.74, 6) is 0. The van der Waals surface area contributed by atoms with Crippen molar-refractivity contribution in [1.82, 2.24) is 5.32 Å². The van der Waals surface area contributed by atoms with Crippen LogP contribution < -0.4 is 28.3 Å². The quantitative estimate of drug-likeness (QED) is 0.159. The van der Waals surface area contributed by atoms with Crippen LogP contribution in [0.2, 0.25) is 0 Å². The normalized spacial score (nSPS) is 69.4. The number of nitrogens with two attached hydrogens (primary N) is 4. The zero-order chi connectivity index (χ0) is 32.7. The van der Waals surface area contributed by atoms with Crippen LogP contribution in [0.4, 0.5) is 0 Å². The molecular weight excluding hydrogens is 482 g/mol. The van der Waals surface area contributed by atoms with Crippen LogP contribution in [-0.4, -0.2) is 136 Å². The minimum atomic E-state index is -3.29. The molecule has 0 aromatic rings. The lowest BCUT2D eigenvalue weighted by atomic mass is 9.84. The summed E-state index contributed by atoms with van der Waals surface area (Å²) < 4.78 is 84.7. The van der Waals surface area contributed by atoms with Gasteiger partial charge >= 0.3 is 0 Å². The van der Waals surface area contributed by atoms with E-state index in [9.17, 15) is 25.5 Å². The fraction of sp³-hybridized carbons (Fsp3) is 1.00. The van der Waals surface area contributed by atoms with Gasteiger partial charge in [-0.3, -0.25) is 0 Å². The van der Waals surface area contributed by atoms with E-state index in [1.807, 2.05) is 0 Å². The molecular formula is C21H41N5O10. The van der Waals surface area contributed by atoms with Gasteiger partial charge in [0.1, 0.15) is 36.5 Å². The van der Waals surface area contributed by atoms with Gasteiger partial charge in [0.25, 0.3) is 0 Å². The van der Waals surface area contributed by atoms with Gasteiger partial charge in [0, 0.05) is 14.8 Å². The molecule has 3 aliphatic heterocycles. The van der Waals surface area contributed by atoms with Crippen LogP contribution in [0, 0.1) is 0 Å². The first kappa shape index (κ1) is 20.3. The predicted molar refractivity (Wildman–Crippen MR) is 122 cm³/mol. The lowest BCUT2D eigenvalue weighted by Crippen LogP contribution is -2.70. The van der Waals surface area contributed by atoms with E-state index in [4.69, 9.17) is 56.2 Å². The molecule has 4 rings (SSSR count). The largest absolute Gasteiger partial charge is 0.389 e. The third-order valence-corrected chi connectivity index (χ3v) is 6.75. The molecule has 0 spiro atoms. The van der Waals surface area contributed by atoms with Gasteiger partial charge in [-0.25, -0.2) is 0 Å². The van der Waals surface area contributed by atoms with Crippen molar-refractivity contribution >= 4 is 0 Å². The van der Waals surface area contributed by atoms with E-state index in [0.29, 0.717) is 0 Å². The first-order valence-corrected chi connectivity index (χ1v) is 11.5. The van der Waals surface area contributed by atoms with E-state index >= 15 is 0 Å². The van der Waals surface area contributed by atoms with Crippen molar-refractivity contribution in [2.24, 2.45) is 22.9 Å². The van der Waals surface area contributed by atoms with Crippen molar-refractivity contribution in [3.63, 3.8) is 0 Å². The lowest BCUT2D eigenvalue weighted by Gasteiger charge is -2.51. The maximum Gasteiger partial charge on any atom is 0.189 e. The number of aliphatic hydroxyl groups is 5. The SMILES string of the molecule is [2H]C([2H])C1O[C@H](O[C@H]2O[C@@H]3CC(N)[C@@H](O[C@H]4[C@H](N)C[C@H](N)[C@]([2H])(O)[C@]4([2H])O)O[C@@H]3[C@]([2H])(O)[C@@H]2NC)[C@@]([2H])(O)[C@]([2H])(O)[C@@H]1N. The van der Waals surface area contributed by atoms with Gasteiger partial charge in [-0.2, -0.15) is 0 Å². The summed E-state index contributed by atoms with van der Waals surface area (Å²) >= 11 is 0. The highest BCUT2D eigenvalue weighted by molar-refractivity contribution is 5.01. The van der Waals surface area contributed by atoms with E-state index in [2.05, 4.69) is 5.32 Å². The second kappa shape index (κ2) is 11.3. The molecule has 0 bridgehead atoms. The Bertz CT molecular complexity index is 1020. The van der Waals surface area contributed by atoms with Crippen LogP contribution >= 0.6 is 0 Å².